The summed E-state index contributed by atoms with van der Waals surface area (Å²) in [5, 5.41) is 2.80. The fraction of sp³-hybridized carbons (Fsp3) is 0.214. The van der Waals surface area contributed by atoms with E-state index < -0.39 is 11.7 Å². The third-order valence-corrected chi connectivity index (χ3v) is 5.66. The molecule has 0 fully saturated rings. The lowest BCUT2D eigenvalue weighted by molar-refractivity contribution is -0.137. The van der Waals surface area contributed by atoms with E-state index in [1.165, 1.54) is 12.3 Å². The van der Waals surface area contributed by atoms with Gasteiger partial charge in [0.15, 0.2) is 5.69 Å². The van der Waals surface area contributed by atoms with Crippen LogP contribution >= 0.6 is 0 Å². The number of nitrogens with one attached hydrogen (secondary N) is 1. The number of hydrogen-bond acceptors (Lipinski definition) is 5. The minimum absolute atomic E-state index is 0.134. The molecule has 0 saturated carbocycles. The number of oxazole rings is 1. The van der Waals surface area contributed by atoms with Crippen molar-refractivity contribution in [3.8, 4) is 5.75 Å². The van der Waals surface area contributed by atoms with Gasteiger partial charge in [-0.15, -0.1) is 0 Å². The van der Waals surface area contributed by atoms with Gasteiger partial charge in [0.2, 0.25) is 5.89 Å². The number of methoxy groups -OCH3 is 1. The zero-order valence-corrected chi connectivity index (χ0v) is 20.2. The molecular formula is C28H26F3N3O3. The van der Waals surface area contributed by atoms with E-state index in [4.69, 9.17) is 9.15 Å². The molecule has 9 heteroatoms. The molecule has 0 unspecified atom stereocenters. The molecule has 192 valence electrons. The minimum Gasteiger partial charge on any atom is -0.497 e. The molecule has 0 bridgehead atoms. The highest BCUT2D eigenvalue weighted by atomic mass is 19.4. The van der Waals surface area contributed by atoms with Crippen LogP contribution in [0.4, 0.5) is 13.2 Å². The van der Waals surface area contributed by atoms with Crippen LogP contribution in [-0.4, -0.2) is 22.9 Å². The molecular weight excluding hydrogens is 483 g/mol. The van der Waals surface area contributed by atoms with Gasteiger partial charge in [-0.2, -0.15) is 13.2 Å². The van der Waals surface area contributed by atoms with E-state index in [1.807, 2.05) is 59.5 Å². The monoisotopic (exact) mass is 509 g/mol. The predicted octanol–water partition coefficient (Wildman–Crippen LogP) is 5.83. The van der Waals surface area contributed by atoms with Crippen LogP contribution in [0.15, 0.2) is 89.5 Å². The predicted molar refractivity (Wildman–Crippen MR) is 132 cm³/mol. The first-order valence-corrected chi connectivity index (χ1v) is 11.6. The van der Waals surface area contributed by atoms with Gasteiger partial charge in [-0.3, -0.25) is 9.69 Å². The Bertz CT molecular complexity index is 1310. The molecule has 0 spiro atoms. The van der Waals surface area contributed by atoms with Crippen LogP contribution in [-0.2, 0) is 32.4 Å². The first-order chi connectivity index (χ1) is 17.8. The number of halogens is 3. The van der Waals surface area contributed by atoms with Crippen LogP contribution in [0.2, 0.25) is 0 Å². The quantitative estimate of drug-likeness (QED) is 0.291. The summed E-state index contributed by atoms with van der Waals surface area (Å²) in [5.74, 6) is 0.607. The van der Waals surface area contributed by atoms with Gasteiger partial charge in [-0.25, -0.2) is 4.98 Å². The third kappa shape index (κ3) is 7.44. The number of hydrogen-bond donors (Lipinski definition) is 1. The van der Waals surface area contributed by atoms with Crippen LogP contribution in [0.25, 0.3) is 0 Å². The van der Waals surface area contributed by atoms with Crippen molar-refractivity contribution >= 4 is 5.91 Å². The Morgan fingerprint density at radius 3 is 2.32 bits per heavy atom. The molecule has 0 aliphatic rings. The van der Waals surface area contributed by atoms with Crippen molar-refractivity contribution in [2.75, 3.05) is 7.11 Å². The van der Waals surface area contributed by atoms with Crippen molar-refractivity contribution in [3.05, 3.63) is 119 Å². The maximum Gasteiger partial charge on any atom is 0.416 e. The van der Waals surface area contributed by atoms with Crippen molar-refractivity contribution in [1.82, 2.24) is 15.2 Å². The van der Waals surface area contributed by atoms with Crippen LogP contribution in [0.5, 0.6) is 5.75 Å². The molecule has 0 radical (unpaired) electrons. The van der Waals surface area contributed by atoms with Gasteiger partial charge >= 0.3 is 6.18 Å². The molecule has 0 aliphatic heterocycles. The van der Waals surface area contributed by atoms with E-state index in [0.29, 0.717) is 24.4 Å². The molecule has 37 heavy (non-hydrogen) atoms. The van der Waals surface area contributed by atoms with E-state index in [-0.39, 0.29) is 30.6 Å². The molecule has 0 saturated heterocycles. The van der Waals surface area contributed by atoms with Gasteiger partial charge in [0.25, 0.3) is 5.91 Å². The van der Waals surface area contributed by atoms with E-state index in [0.717, 1.165) is 23.3 Å². The molecule has 0 aliphatic carbocycles. The lowest BCUT2D eigenvalue weighted by Crippen LogP contribution is -2.24. The lowest BCUT2D eigenvalue weighted by Gasteiger charge is -2.22. The molecule has 1 aromatic heterocycles. The highest BCUT2D eigenvalue weighted by Crippen LogP contribution is 2.30. The topological polar surface area (TPSA) is 67.6 Å². The van der Waals surface area contributed by atoms with Crippen LogP contribution in [0.3, 0.4) is 0 Å². The number of aromatic nitrogens is 1. The van der Waals surface area contributed by atoms with Gasteiger partial charge < -0.3 is 14.5 Å². The Morgan fingerprint density at radius 1 is 0.919 bits per heavy atom. The Morgan fingerprint density at radius 2 is 1.62 bits per heavy atom. The summed E-state index contributed by atoms with van der Waals surface area (Å²) >= 11 is 0. The van der Waals surface area contributed by atoms with E-state index >= 15 is 0 Å². The molecule has 3 aromatic carbocycles. The van der Waals surface area contributed by atoms with Gasteiger partial charge in [0.05, 0.1) is 19.2 Å². The average Bonchev–Trinajstić information content (AvgIpc) is 3.36. The molecule has 6 nitrogen and oxygen atoms in total. The summed E-state index contributed by atoms with van der Waals surface area (Å²) in [4.78, 5) is 18.7. The molecule has 4 aromatic rings. The molecule has 1 amide bonds. The molecule has 4 rings (SSSR count). The Balaban J connectivity index is 1.48. The summed E-state index contributed by atoms with van der Waals surface area (Å²) in [6, 6.07) is 22.1. The van der Waals surface area contributed by atoms with Crippen molar-refractivity contribution < 1.29 is 27.1 Å². The summed E-state index contributed by atoms with van der Waals surface area (Å²) in [5.41, 5.74) is 1.81. The van der Waals surface area contributed by atoms with Crippen molar-refractivity contribution in [2.24, 2.45) is 0 Å². The number of ether oxygens (including phenoxy) is 1. The van der Waals surface area contributed by atoms with Crippen molar-refractivity contribution in [3.63, 3.8) is 0 Å². The van der Waals surface area contributed by atoms with Gasteiger partial charge in [-0.1, -0.05) is 60.7 Å². The zero-order valence-electron chi connectivity index (χ0n) is 20.2. The normalized spacial score (nSPS) is 11.5. The average molecular weight is 510 g/mol. The summed E-state index contributed by atoms with van der Waals surface area (Å²) in [6.07, 6.45) is -3.15. The van der Waals surface area contributed by atoms with E-state index in [9.17, 15) is 18.0 Å². The summed E-state index contributed by atoms with van der Waals surface area (Å²) < 4.78 is 50.4. The number of carbonyl (C=O) groups is 1. The summed E-state index contributed by atoms with van der Waals surface area (Å²) in [7, 11) is 1.57. The zero-order chi connectivity index (χ0) is 26.3. The maximum atomic E-state index is 13.2. The fourth-order valence-electron chi connectivity index (χ4n) is 3.81. The van der Waals surface area contributed by atoms with Gasteiger partial charge in [0, 0.05) is 19.6 Å². The first-order valence-electron chi connectivity index (χ1n) is 11.6. The first kappa shape index (κ1) is 26.0. The lowest BCUT2D eigenvalue weighted by atomic mass is 10.1. The van der Waals surface area contributed by atoms with Crippen molar-refractivity contribution in [2.45, 2.75) is 32.4 Å². The number of rotatable bonds is 10. The number of carbonyl (C=O) groups excluding carboxylic acids is 1. The second-order valence-corrected chi connectivity index (χ2v) is 8.49. The van der Waals surface area contributed by atoms with E-state index in [2.05, 4.69) is 10.3 Å². The SMILES string of the molecule is COc1ccc(CN(Cc2cccc(C(F)(F)F)c2)Cc2nc(C(=O)NCc3ccccc3)co2)cc1. The standard InChI is InChI=1S/C28H26F3N3O3/c1-36-24-12-10-21(11-13-24)16-34(17-22-8-5-9-23(14-22)28(29,30)31)18-26-33-25(19-37-26)27(35)32-15-20-6-3-2-4-7-20/h2-14,19H,15-18H2,1H3,(H,32,35). The van der Waals surface area contributed by atoms with E-state index in [1.54, 1.807) is 13.2 Å². The Hall–Kier alpha value is -4.11. The number of amides is 1. The highest BCUT2D eigenvalue weighted by Gasteiger charge is 2.30. The second kappa shape index (κ2) is 11.7. The Labute approximate surface area is 212 Å². The fourth-order valence-corrected chi connectivity index (χ4v) is 3.81. The largest absolute Gasteiger partial charge is 0.497 e. The minimum atomic E-state index is -4.43. The number of alkyl halides is 3. The number of nitrogens with zero attached hydrogens (tertiary/aromatic N) is 2. The smallest absolute Gasteiger partial charge is 0.416 e. The molecule has 1 heterocycles. The molecule has 0 atom stereocenters. The van der Waals surface area contributed by atoms with Crippen molar-refractivity contribution in [1.29, 1.82) is 0 Å². The Kier molecular flexibility index (Phi) is 8.25. The summed E-state index contributed by atoms with van der Waals surface area (Å²) in [6.45, 7) is 1.17. The second-order valence-electron chi connectivity index (χ2n) is 8.49. The van der Waals surface area contributed by atoms with Crippen LogP contribution in [0.1, 0.15) is 38.6 Å². The number of benzene rings is 3. The third-order valence-electron chi connectivity index (χ3n) is 5.66. The van der Waals surface area contributed by atoms with Crippen LogP contribution in [0, 0.1) is 0 Å². The molecule has 1 N–H and O–H groups in total. The van der Waals surface area contributed by atoms with Gasteiger partial charge in [-0.05, 0) is 34.9 Å². The highest BCUT2D eigenvalue weighted by molar-refractivity contribution is 5.91. The van der Waals surface area contributed by atoms with Gasteiger partial charge in [0.1, 0.15) is 12.0 Å². The maximum absolute atomic E-state index is 13.2. The van der Waals surface area contributed by atoms with Crippen LogP contribution < -0.4 is 10.1 Å².